The van der Waals surface area contributed by atoms with Crippen LogP contribution in [-0.2, 0) is 15.0 Å². The number of anilines is 2. The second kappa shape index (κ2) is 11.0. The predicted molar refractivity (Wildman–Crippen MR) is 152 cm³/mol. The first-order valence-electron chi connectivity index (χ1n) is 12.7. The highest BCUT2D eigenvalue weighted by atomic mass is 32.1. The number of amides is 1. The molecule has 3 aromatic heterocycles. The van der Waals surface area contributed by atoms with Gasteiger partial charge < -0.3 is 29.6 Å². The number of hydrogen-bond donors (Lipinski definition) is 2. The molecular weight excluding hydrogens is 522 g/mol. The SMILES string of the molecule is COC[C@H](NC(=O)c1cn(C2(C)CC2)cn1)C(=S)Nc1nc(-c2cccc(N3C[C@@H](C)O[C@@H](C)C3)n2)cs1. The lowest BCUT2D eigenvalue weighted by Crippen LogP contribution is -2.46. The van der Waals surface area contributed by atoms with E-state index in [4.69, 9.17) is 31.7 Å². The molecule has 1 saturated carbocycles. The molecule has 0 unspecified atom stereocenters. The molecule has 3 atom stereocenters. The number of ether oxygens (including phenoxy) is 2. The number of methoxy groups -OCH3 is 1. The van der Waals surface area contributed by atoms with Crippen LogP contribution in [0.1, 0.15) is 44.1 Å². The summed E-state index contributed by atoms with van der Waals surface area (Å²) in [6.45, 7) is 8.12. The molecule has 0 bridgehead atoms. The van der Waals surface area contributed by atoms with Crippen molar-refractivity contribution < 1.29 is 14.3 Å². The van der Waals surface area contributed by atoms with Crippen molar-refractivity contribution in [1.82, 2.24) is 24.8 Å². The van der Waals surface area contributed by atoms with E-state index in [1.54, 1.807) is 19.6 Å². The summed E-state index contributed by atoms with van der Waals surface area (Å²) in [4.78, 5) is 29.4. The zero-order valence-corrected chi connectivity index (χ0v) is 23.6. The third-order valence-corrected chi connectivity index (χ3v) is 7.99. The largest absolute Gasteiger partial charge is 0.382 e. The number of aromatic nitrogens is 4. The molecule has 0 aromatic carbocycles. The Balaban J connectivity index is 1.23. The summed E-state index contributed by atoms with van der Waals surface area (Å²) >= 11 is 7.05. The molecule has 202 valence electrons. The molecule has 12 heteroatoms. The molecule has 0 spiro atoms. The Kier molecular flexibility index (Phi) is 7.75. The Morgan fingerprint density at radius 2 is 2.03 bits per heavy atom. The van der Waals surface area contributed by atoms with E-state index in [1.807, 2.05) is 28.1 Å². The molecule has 4 heterocycles. The van der Waals surface area contributed by atoms with Crippen LogP contribution in [0.25, 0.3) is 11.4 Å². The minimum Gasteiger partial charge on any atom is -0.382 e. The number of carbonyl (C=O) groups excluding carboxylic acids is 1. The Hall–Kier alpha value is -2.93. The molecule has 3 aromatic rings. The van der Waals surface area contributed by atoms with Crippen molar-refractivity contribution in [3.05, 3.63) is 41.8 Å². The first-order valence-corrected chi connectivity index (χ1v) is 14.0. The van der Waals surface area contributed by atoms with Crippen LogP contribution < -0.4 is 15.5 Å². The molecule has 1 amide bonds. The quantitative estimate of drug-likeness (QED) is 0.382. The van der Waals surface area contributed by atoms with Crippen molar-refractivity contribution in [1.29, 1.82) is 0 Å². The van der Waals surface area contributed by atoms with Crippen molar-refractivity contribution in [3.8, 4) is 11.4 Å². The molecule has 1 aliphatic carbocycles. The number of hydrogen-bond acceptors (Lipinski definition) is 9. The molecule has 1 aliphatic heterocycles. The van der Waals surface area contributed by atoms with E-state index in [2.05, 4.69) is 41.3 Å². The van der Waals surface area contributed by atoms with Crippen LogP contribution in [0, 0.1) is 0 Å². The van der Waals surface area contributed by atoms with E-state index >= 15 is 0 Å². The molecule has 10 nitrogen and oxygen atoms in total. The lowest BCUT2D eigenvalue weighted by molar-refractivity contribution is -0.00545. The van der Waals surface area contributed by atoms with Gasteiger partial charge in [-0.25, -0.2) is 15.0 Å². The second-order valence-corrected chi connectivity index (χ2v) is 11.5. The summed E-state index contributed by atoms with van der Waals surface area (Å²) in [5, 5.41) is 8.66. The zero-order chi connectivity index (χ0) is 26.9. The van der Waals surface area contributed by atoms with Crippen LogP contribution >= 0.6 is 23.6 Å². The average molecular weight is 556 g/mol. The van der Waals surface area contributed by atoms with Crippen molar-refractivity contribution >= 4 is 45.4 Å². The number of nitrogens with zero attached hydrogens (tertiary/aromatic N) is 5. The third kappa shape index (κ3) is 6.04. The normalized spacial score (nSPS) is 21.1. The van der Waals surface area contributed by atoms with Gasteiger partial charge in [0.1, 0.15) is 28.2 Å². The van der Waals surface area contributed by atoms with Crippen LogP contribution in [0.15, 0.2) is 36.1 Å². The van der Waals surface area contributed by atoms with Crippen LogP contribution in [0.3, 0.4) is 0 Å². The lowest BCUT2D eigenvalue weighted by Gasteiger charge is -2.36. The molecule has 2 fully saturated rings. The second-order valence-electron chi connectivity index (χ2n) is 10.2. The fraction of sp³-hybridized carbons (Fsp3) is 0.500. The van der Waals surface area contributed by atoms with Gasteiger partial charge in [0.15, 0.2) is 5.13 Å². The van der Waals surface area contributed by atoms with Crippen molar-refractivity contribution in [3.63, 3.8) is 0 Å². The fourth-order valence-corrected chi connectivity index (χ4v) is 5.51. The highest BCUT2D eigenvalue weighted by Crippen LogP contribution is 2.42. The van der Waals surface area contributed by atoms with Gasteiger partial charge in [-0.15, -0.1) is 11.3 Å². The van der Waals surface area contributed by atoms with Crippen molar-refractivity contribution in [2.75, 3.05) is 37.0 Å². The summed E-state index contributed by atoms with van der Waals surface area (Å²) in [5.41, 5.74) is 1.97. The molecule has 0 radical (unpaired) electrons. The van der Waals surface area contributed by atoms with Gasteiger partial charge in [-0.05, 0) is 45.7 Å². The number of carbonyl (C=O) groups is 1. The van der Waals surface area contributed by atoms with Gasteiger partial charge >= 0.3 is 0 Å². The fourth-order valence-electron chi connectivity index (χ4n) is 4.50. The first kappa shape index (κ1) is 26.7. The van der Waals surface area contributed by atoms with Crippen LogP contribution in [0.4, 0.5) is 10.9 Å². The maximum atomic E-state index is 12.9. The van der Waals surface area contributed by atoms with Gasteiger partial charge in [0.2, 0.25) is 0 Å². The van der Waals surface area contributed by atoms with Gasteiger partial charge in [0, 0.05) is 37.3 Å². The highest BCUT2D eigenvalue weighted by molar-refractivity contribution is 7.80. The van der Waals surface area contributed by atoms with E-state index in [1.165, 1.54) is 11.3 Å². The van der Waals surface area contributed by atoms with Crippen LogP contribution in [0.2, 0.25) is 0 Å². The molecule has 2 N–H and O–H groups in total. The number of thiocarbonyl (C=S) groups is 1. The number of morpholine rings is 1. The topological polar surface area (TPSA) is 106 Å². The van der Waals surface area contributed by atoms with Gasteiger partial charge in [0.25, 0.3) is 5.91 Å². The minimum absolute atomic E-state index is 0.0737. The summed E-state index contributed by atoms with van der Waals surface area (Å²) < 4.78 is 13.2. The monoisotopic (exact) mass is 555 g/mol. The predicted octanol–water partition coefficient (Wildman–Crippen LogP) is 3.71. The Labute approximate surface area is 231 Å². The Morgan fingerprint density at radius 1 is 1.26 bits per heavy atom. The number of rotatable bonds is 9. The summed E-state index contributed by atoms with van der Waals surface area (Å²) in [6.07, 6.45) is 5.98. The van der Waals surface area contributed by atoms with Gasteiger partial charge in [0.05, 0.1) is 30.8 Å². The number of imidazole rings is 1. The average Bonchev–Trinajstić information content (AvgIpc) is 3.27. The van der Waals surface area contributed by atoms with E-state index in [-0.39, 0.29) is 30.3 Å². The van der Waals surface area contributed by atoms with Crippen LogP contribution in [0.5, 0.6) is 0 Å². The summed E-state index contributed by atoms with van der Waals surface area (Å²) in [5.74, 6) is 0.607. The molecular formula is C26H33N7O3S2. The van der Waals surface area contributed by atoms with E-state index in [0.29, 0.717) is 15.8 Å². The van der Waals surface area contributed by atoms with Gasteiger partial charge in [-0.2, -0.15) is 0 Å². The Morgan fingerprint density at radius 3 is 2.74 bits per heavy atom. The Bertz CT molecular complexity index is 1300. The van der Waals surface area contributed by atoms with Gasteiger partial charge in [-0.3, -0.25) is 4.79 Å². The molecule has 2 aliphatic rings. The lowest BCUT2D eigenvalue weighted by atomic mass is 10.2. The van der Waals surface area contributed by atoms with E-state index < -0.39 is 6.04 Å². The number of thiazole rings is 1. The third-order valence-electron chi connectivity index (χ3n) is 6.84. The highest BCUT2D eigenvalue weighted by Gasteiger charge is 2.39. The molecule has 5 rings (SSSR count). The number of pyridine rings is 1. The maximum absolute atomic E-state index is 12.9. The van der Waals surface area contributed by atoms with E-state index in [9.17, 15) is 4.79 Å². The van der Waals surface area contributed by atoms with Crippen molar-refractivity contribution in [2.45, 2.75) is 57.4 Å². The zero-order valence-electron chi connectivity index (χ0n) is 22.0. The van der Waals surface area contributed by atoms with Crippen LogP contribution in [-0.4, -0.2) is 75.5 Å². The van der Waals surface area contributed by atoms with Gasteiger partial charge in [-0.1, -0.05) is 18.3 Å². The van der Waals surface area contributed by atoms with E-state index in [0.717, 1.165) is 43.1 Å². The summed E-state index contributed by atoms with van der Waals surface area (Å²) in [6, 6.07) is 5.42. The molecule has 38 heavy (non-hydrogen) atoms. The summed E-state index contributed by atoms with van der Waals surface area (Å²) in [7, 11) is 1.57. The van der Waals surface area contributed by atoms with Crippen molar-refractivity contribution in [2.24, 2.45) is 0 Å². The standard InChI is InChI=1S/C26H33N7O3S2/c1-16-10-32(11-17(2)36-16)22-7-5-6-18(28-22)21-14-38-25(30-21)31-24(37)20(13-35-4)29-23(34)19-12-33(15-27-19)26(3)8-9-26/h5-7,12,14-17,20H,8-11,13H2,1-4H3,(H,29,34)(H,30,31,37)/t16-,17+,20-/m0/s1. The maximum Gasteiger partial charge on any atom is 0.272 e. The minimum atomic E-state index is -0.539. The number of nitrogens with one attached hydrogen (secondary N) is 2. The smallest absolute Gasteiger partial charge is 0.272 e. The first-order chi connectivity index (χ1) is 18.2. The molecule has 1 saturated heterocycles.